The zero-order valence-corrected chi connectivity index (χ0v) is 14.1. The lowest BCUT2D eigenvalue weighted by Crippen LogP contribution is -1.96. The summed E-state index contributed by atoms with van der Waals surface area (Å²) in [6, 6.07) is 7.97. The van der Waals surface area contributed by atoms with E-state index in [4.69, 9.17) is 0 Å². The van der Waals surface area contributed by atoms with Crippen LogP contribution in [0.15, 0.2) is 41.7 Å². The Bertz CT molecular complexity index is 636. The average Bonchev–Trinajstić information content (AvgIpc) is 2.59. The summed E-state index contributed by atoms with van der Waals surface area (Å²) in [4.78, 5) is 8.49. The number of unbranched alkanes of at least 4 members (excludes halogenated alkanes) is 2. The Morgan fingerprint density at radius 2 is 1.91 bits per heavy atom. The van der Waals surface area contributed by atoms with Crippen LogP contribution in [0.25, 0.3) is 0 Å². The number of aryl methyl sites for hydroxylation is 2. The predicted molar refractivity (Wildman–Crippen MR) is 96.8 cm³/mol. The van der Waals surface area contributed by atoms with Crippen molar-refractivity contribution in [3.05, 3.63) is 53.3 Å². The molecule has 0 spiro atoms. The monoisotopic (exact) mass is 310 g/mol. The Labute approximate surface area is 139 Å². The molecule has 0 atom stereocenters. The van der Waals surface area contributed by atoms with Crippen LogP contribution < -0.4 is 0 Å². The van der Waals surface area contributed by atoms with Crippen molar-refractivity contribution in [2.45, 2.75) is 52.4 Å². The number of hydrogen-bond acceptors (Lipinski definition) is 3. The van der Waals surface area contributed by atoms with E-state index in [9.17, 15) is 5.11 Å². The maximum Gasteiger partial charge on any atom is 0.127 e. The van der Waals surface area contributed by atoms with Crippen LogP contribution in [-0.2, 0) is 12.8 Å². The van der Waals surface area contributed by atoms with Gasteiger partial charge in [-0.25, -0.2) is 0 Å². The molecule has 3 heteroatoms. The quantitative estimate of drug-likeness (QED) is 0.679. The zero-order valence-electron chi connectivity index (χ0n) is 14.1. The molecule has 1 aromatic carbocycles. The van der Waals surface area contributed by atoms with E-state index in [1.54, 1.807) is 18.6 Å². The smallest absolute Gasteiger partial charge is 0.127 e. The van der Waals surface area contributed by atoms with Gasteiger partial charge in [0.2, 0.25) is 0 Å². The molecule has 2 rings (SSSR count). The van der Waals surface area contributed by atoms with Gasteiger partial charge in [0.25, 0.3) is 0 Å². The third-order valence-corrected chi connectivity index (χ3v) is 3.90. The average molecular weight is 310 g/mol. The first-order valence-electron chi connectivity index (χ1n) is 8.53. The van der Waals surface area contributed by atoms with Crippen molar-refractivity contribution in [1.29, 1.82) is 0 Å². The Morgan fingerprint density at radius 1 is 1.13 bits per heavy atom. The van der Waals surface area contributed by atoms with Gasteiger partial charge in [-0.3, -0.25) is 9.98 Å². The van der Waals surface area contributed by atoms with Crippen molar-refractivity contribution < 1.29 is 5.11 Å². The van der Waals surface area contributed by atoms with E-state index in [0.29, 0.717) is 5.75 Å². The lowest BCUT2D eigenvalue weighted by Gasteiger charge is -2.11. The molecule has 0 aliphatic heterocycles. The standard InChI is InChI=1S/C20H26N2O/c1-3-5-8-16-12-17(9-6-4-2)20(23)18(13-16)14-22-19-10-7-11-21-15-19/h7,10-15,23H,3-6,8-9H2,1-2H3. The summed E-state index contributed by atoms with van der Waals surface area (Å²) in [7, 11) is 0. The fourth-order valence-corrected chi connectivity index (χ4v) is 2.54. The first kappa shape index (κ1) is 17.2. The third kappa shape index (κ3) is 5.20. The molecule has 0 aliphatic rings. The fourth-order valence-electron chi connectivity index (χ4n) is 2.54. The van der Waals surface area contributed by atoms with Gasteiger partial charge < -0.3 is 5.11 Å². The van der Waals surface area contributed by atoms with Crippen LogP contribution in [0, 0.1) is 0 Å². The molecule has 2 aromatic rings. The second-order valence-electron chi connectivity index (χ2n) is 5.87. The number of nitrogens with zero attached hydrogens (tertiary/aromatic N) is 2. The number of benzene rings is 1. The van der Waals surface area contributed by atoms with Gasteiger partial charge in [-0.15, -0.1) is 0 Å². The number of hydrogen-bond donors (Lipinski definition) is 1. The maximum absolute atomic E-state index is 10.5. The van der Waals surface area contributed by atoms with Gasteiger partial charge in [0.05, 0.1) is 11.9 Å². The summed E-state index contributed by atoms with van der Waals surface area (Å²) in [5.41, 5.74) is 3.91. The summed E-state index contributed by atoms with van der Waals surface area (Å²) in [6.07, 6.45) is 11.7. The molecule has 0 amide bonds. The van der Waals surface area contributed by atoms with E-state index >= 15 is 0 Å². The molecule has 122 valence electrons. The normalized spacial score (nSPS) is 11.2. The lowest BCUT2D eigenvalue weighted by atomic mass is 9.97. The van der Waals surface area contributed by atoms with Gasteiger partial charge in [0, 0.05) is 18.0 Å². The molecule has 3 nitrogen and oxygen atoms in total. The van der Waals surface area contributed by atoms with Crippen molar-refractivity contribution in [2.75, 3.05) is 0 Å². The van der Waals surface area contributed by atoms with Crippen molar-refractivity contribution in [1.82, 2.24) is 4.98 Å². The molecule has 0 fully saturated rings. The number of phenols is 1. The Morgan fingerprint density at radius 3 is 2.61 bits per heavy atom. The SMILES string of the molecule is CCCCc1cc(C=Nc2cccnc2)c(O)c(CCCC)c1. The summed E-state index contributed by atoms with van der Waals surface area (Å²) in [5, 5.41) is 10.5. The minimum Gasteiger partial charge on any atom is -0.507 e. The molecule has 0 unspecified atom stereocenters. The van der Waals surface area contributed by atoms with E-state index in [1.807, 2.05) is 12.1 Å². The largest absolute Gasteiger partial charge is 0.507 e. The van der Waals surface area contributed by atoms with Crippen molar-refractivity contribution in [3.8, 4) is 5.75 Å². The number of phenolic OH excluding ortho intramolecular Hbond substituents is 1. The molecule has 1 heterocycles. The third-order valence-electron chi connectivity index (χ3n) is 3.90. The Balaban J connectivity index is 2.29. The van der Waals surface area contributed by atoms with E-state index in [1.165, 1.54) is 12.0 Å². The zero-order chi connectivity index (χ0) is 16.5. The van der Waals surface area contributed by atoms with E-state index < -0.39 is 0 Å². The molecular formula is C20H26N2O. The van der Waals surface area contributed by atoms with Crippen molar-refractivity contribution in [3.63, 3.8) is 0 Å². The molecule has 0 saturated carbocycles. The maximum atomic E-state index is 10.5. The van der Waals surface area contributed by atoms with Gasteiger partial charge in [-0.05, 0) is 55.0 Å². The van der Waals surface area contributed by atoms with E-state index in [2.05, 4.69) is 36.0 Å². The molecule has 0 aliphatic carbocycles. The number of aromatic nitrogens is 1. The Hall–Kier alpha value is -2.16. The highest BCUT2D eigenvalue weighted by atomic mass is 16.3. The number of aromatic hydroxyl groups is 1. The van der Waals surface area contributed by atoms with Crippen LogP contribution in [0.5, 0.6) is 5.75 Å². The predicted octanol–water partition coefficient (Wildman–Crippen LogP) is 5.22. The van der Waals surface area contributed by atoms with E-state index in [0.717, 1.165) is 48.9 Å². The summed E-state index contributed by atoms with van der Waals surface area (Å²) in [5.74, 6) is 0.367. The second-order valence-corrected chi connectivity index (χ2v) is 5.87. The number of rotatable bonds is 8. The second kappa shape index (κ2) is 9.09. The van der Waals surface area contributed by atoms with Gasteiger partial charge in [-0.2, -0.15) is 0 Å². The minimum absolute atomic E-state index is 0.367. The van der Waals surface area contributed by atoms with Gasteiger partial charge in [-0.1, -0.05) is 32.8 Å². The minimum atomic E-state index is 0.367. The molecule has 0 radical (unpaired) electrons. The molecule has 0 saturated heterocycles. The lowest BCUT2D eigenvalue weighted by molar-refractivity contribution is 0.465. The summed E-state index contributed by atoms with van der Waals surface area (Å²) >= 11 is 0. The van der Waals surface area contributed by atoms with Crippen LogP contribution in [0.3, 0.4) is 0 Å². The van der Waals surface area contributed by atoms with Gasteiger partial charge in [0.1, 0.15) is 5.75 Å². The van der Waals surface area contributed by atoms with Crippen molar-refractivity contribution >= 4 is 11.9 Å². The highest BCUT2D eigenvalue weighted by Crippen LogP contribution is 2.26. The molecular weight excluding hydrogens is 284 g/mol. The van der Waals surface area contributed by atoms with Crippen LogP contribution in [-0.4, -0.2) is 16.3 Å². The summed E-state index contributed by atoms with van der Waals surface area (Å²) < 4.78 is 0. The molecule has 23 heavy (non-hydrogen) atoms. The summed E-state index contributed by atoms with van der Waals surface area (Å²) in [6.45, 7) is 4.37. The van der Waals surface area contributed by atoms with Gasteiger partial charge >= 0.3 is 0 Å². The first-order chi connectivity index (χ1) is 11.2. The molecule has 1 N–H and O–H groups in total. The topological polar surface area (TPSA) is 45.5 Å². The highest BCUT2D eigenvalue weighted by molar-refractivity contribution is 5.86. The van der Waals surface area contributed by atoms with Crippen LogP contribution in [0.4, 0.5) is 5.69 Å². The number of pyridine rings is 1. The van der Waals surface area contributed by atoms with Crippen molar-refractivity contribution in [2.24, 2.45) is 4.99 Å². The van der Waals surface area contributed by atoms with Crippen LogP contribution in [0.2, 0.25) is 0 Å². The van der Waals surface area contributed by atoms with Gasteiger partial charge in [0.15, 0.2) is 0 Å². The van der Waals surface area contributed by atoms with E-state index in [-0.39, 0.29) is 0 Å². The fraction of sp³-hybridized carbons (Fsp3) is 0.400. The molecule has 1 aromatic heterocycles. The van der Waals surface area contributed by atoms with Crippen LogP contribution in [0.1, 0.15) is 56.2 Å². The highest BCUT2D eigenvalue weighted by Gasteiger charge is 2.09. The molecule has 0 bridgehead atoms. The first-order valence-corrected chi connectivity index (χ1v) is 8.53. The Kier molecular flexibility index (Phi) is 6.79. The van der Waals surface area contributed by atoms with Crippen LogP contribution >= 0.6 is 0 Å². The number of aliphatic imine (C=N–C) groups is 1.